The number of amides is 2. The quantitative estimate of drug-likeness (QED) is 0.148. The first-order valence-corrected chi connectivity index (χ1v) is 15.8. The number of rotatable bonds is 9. The summed E-state index contributed by atoms with van der Waals surface area (Å²) < 4.78 is 11.8. The van der Waals surface area contributed by atoms with Crippen LogP contribution in [0.3, 0.4) is 0 Å². The molecule has 4 aromatic rings. The number of benzene rings is 4. The normalized spacial score (nSPS) is 22.5. The topological polar surface area (TPSA) is 76.2 Å². The molecule has 236 valence electrons. The minimum absolute atomic E-state index is 0.113. The van der Waals surface area contributed by atoms with E-state index >= 15 is 4.79 Å². The van der Waals surface area contributed by atoms with Crippen molar-refractivity contribution in [2.75, 3.05) is 6.61 Å². The molecule has 2 aliphatic rings. The number of hydrogen-bond acceptors (Lipinski definition) is 5. The van der Waals surface area contributed by atoms with Gasteiger partial charge in [-0.1, -0.05) is 121 Å². The molecular weight excluding hydrogens is 576 g/mol. The van der Waals surface area contributed by atoms with E-state index in [1.165, 1.54) is 0 Å². The maximum atomic E-state index is 15.4. The van der Waals surface area contributed by atoms with Gasteiger partial charge in [0.15, 0.2) is 5.54 Å². The number of β-lactam (4-membered cyclic amide) rings is 1. The number of ether oxygens (including phenoxy) is 2. The summed E-state index contributed by atoms with van der Waals surface area (Å²) in [4.78, 5) is 46.9. The summed E-state index contributed by atoms with van der Waals surface area (Å²) in [6.45, 7) is 7.37. The predicted octanol–water partition coefficient (Wildman–Crippen LogP) is 7.09. The lowest BCUT2D eigenvalue weighted by Crippen LogP contribution is -2.81. The zero-order valence-electron chi connectivity index (χ0n) is 26.8. The largest absolute Gasteiger partial charge is 0.458 e. The van der Waals surface area contributed by atoms with Crippen molar-refractivity contribution in [1.82, 2.24) is 9.80 Å². The highest BCUT2D eigenvalue weighted by molar-refractivity contribution is 6.02. The number of carbonyl (C=O) groups is 3. The van der Waals surface area contributed by atoms with Gasteiger partial charge < -0.3 is 14.4 Å². The zero-order valence-corrected chi connectivity index (χ0v) is 26.8. The van der Waals surface area contributed by atoms with Crippen LogP contribution in [0.5, 0.6) is 0 Å². The van der Waals surface area contributed by atoms with Gasteiger partial charge in [-0.3, -0.25) is 9.69 Å². The van der Waals surface area contributed by atoms with Crippen molar-refractivity contribution in [3.05, 3.63) is 144 Å². The fraction of sp³-hybridized carbons (Fsp3) is 0.308. The minimum atomic E-state index is -1.40. The van der Waals surface area contributed by atoms with Crippen molar-refractivity contribution in [2.45, 2.75) is 69.3 Å². The lowest BCUT2D eigenvalue weighted by atomic mass is 9.66. The maximum Gasteiger partial charge on any atom is 0.411 e. The van der Waals surface area contributed by atoms with Gasteiger partial charge in [0.05, 0.1) is 12.1 Å². The smallest absolute Gasteiger partial charge is 0.411 e. The van der Waals surface area contributed by atoms with Crippen molar-refractivity contribution < 1.29 is 23.9 Å². The molecule has 2 aliphatic heterocycles. The molecule has 7 heteroatoms. The van der Waals surface area contributed by atoms with Crippen LogP contribution in [-0.2, 0) is 31.9 Å². The van der Waals surface area contributed by atoms with Crippen LogP contribution in [-0.4, -0.2) is 51.1 Å². The van der Waals surface area contributed by atoms with Crippen molar-refractivity contribution in [3.8, 4) is 0 Å². The summed E-state index contributed by atoms with van der Waals surface area (Å²) in [5, 5.41) is 0. The van der Waals surface area contributed by atoms with Crippen LogP contribution >= 0.6 is 0 Å². The van der Waals surface area contributed by atoms with Crippen LogP contribution in [0.15, 0.2) is 121 Å². The van der Waals surface area contributed by atoms with E-state index in [2.05, 4.69) is 0 Å². The summed E-state index contributed by atoms with van der Waals surface area (Å²) >= 11 is 0. The molecule has 0 bridgehead atoms. The predicted molar refractivity (Wildman–Crippen MR) is 176 cm³/mol. The number of esters is 1. The van der Waals surface area contributed by atoms with Crippen LogP contribution in [0, 0.1) is 0 Å². The average Bonchev–Trinajstić information content (AvgIpc) is 3.44. The van der Waals surface area contributed by atoms with Gasteiger partial charge in [0.1, 0.15) is 17.7 Å². The third-order valence-corrected chi connectivity index (χ3v) is 8.98. The lowest BCUT2D eigenvalue weighted by Gasteiger charge is -2.64. The van der Waals surface area contributed by atoms with Crippen molar-refractivity contribution in [3.63, 3.8) is 0 Å². The molecule has 2 amide bonds. The Bertz CT molecular complexity index is 1690. The Hall–Kier alpha value is -4.91. The SMILES string of the molecule is CC(C)(C)OC(=O)[C@@](C)(Cc1ccccc1)N1C(=O)[C@@](Cc2ccccc2)(N2C(=O)OC[C@@H]2c2ccccc2)[C@H]1c1ccccc1. The van der Waals surface area contributed by atoms with Gasteiger partial charge in [-0.2, -0.15) is 0 Å². The Balaban J connectivity index is 1.57. The summed E-state index contributed by atoms with van der Waals surface area (Å²) in [5.74, 6) is -0.829. The fourth-order valence-corrected chi connectivity index (χ4v) is 6.98. The Morgan fingerprint density at radius 3 is 1.80 bits per heavy atom. The van der Waals surface area contributed by atoms with Crippen LogP contribution in [0.4, 0.5) is 4.79 Å². The third kappa shape index (κ3) is 5.55. The molecule has 2 heterocycles. The molecule has 2 fully saturated rings. The Kier molecular flexibility index (Phi) is 8.19. The summed E-state index contributed by atoms with van der Waals surface area (Å²) in [7, 11) is 0. The van der Waals surface area contributed by atoms with Gasteiger partial charge in [0.25, 0.3) is 5.91 Å². The Morgan fingerprint density at radius 2 is 1.26 bits per heavy atom. The van der Waals surface area contributed by atoms with E-state index in [-0.39, 0.29) is 25.4 Å². The molecule has 7 nitrogen and oxygen atoms in total. The highest BCUT2D eigenvalue weighted by atomic mass is 16.6. The number of cyclic esters (lactones) is 1. The third-order valence-electron chi connectivity index (χ3n) is 8.98. The van der Waals surface area contributed by atoms with Gasteiger partial charge >= 0.3 is 12.1 Å². The Labute approximate surface area is 270 Å². The van der Waals surface area contributed by atoms with Gasteiger partial charge in [-0.15, -0.1) is 0 Å². The molecular formula is C39H40N2O5. The van der Waals surface area contributed by atoms with Crippen LogP contribution < -0.4 is 0 Å². The van der Waals surface area contributed by atoms with E-state index in [1.807, 2.05) is 142 Å². The molecule has 0 aromatic heterocycles. The zero-order chi connectivity index (χ0) is 32.5. The molecule has 0 N–H and O–H groups in total. The second kappa shape index (κ2) is 12.1. The molecule has 6 rings (SSSR count). The summed E-state index contributed by atoms with van der Waals surface area (Å²) in [6, 6.07) is 37.5. The summed E-state index contributed by atoms with van der Waals surface area (Å²) in [5.41, 5.74) is -0.118. The number of nitrogens with zero attached hydrogens (tertiary/aromatic N) is 2. The van der Waals surface area contributed by atoms with Crippen molar-refractivity contribution >= 4 is 18.0 Å². The molecule has 0 unspecified atom stereocenters. The molecule has 0 radical (unpaired) electrons. The van der Waals surface area contributed by atoms with Gasteiger partial charge in [0, 0.05) is 12.8 Å². The molecule has 4 atom stereocenters. The van der Waals surface area contributed by atoms with E-state index in [0.29, 0.717) is 0 Å². The second-order valence-corrected chi connectivity index (χ2v) is 13.4. The van der Waals surface area contributed by atoms with Gasteiger partial charge in [0.2, 0.25) is 0 Å². The van der Waals surface area contributed by atoms with Crippen LogP contribution in [0.1, 0.15) is 62.0 Å². The van der Waals surface area contributed by atoms with E-state index < -0.39 is 40.8 Å². The van der Waals surface area contributed by atoms with Gasteiger partial charge in [-0.05, 0) is 49.9 Å². The van der Waals surface area contributed by atoms with Gasteiger partial charge in [-0.25, -0.2) is 9.59 Å². The minimum Gasteiger partial charge on any atom is -0.458 e. The molecule has 0 saturated carbocycles. The molecule has 0 aliphatic carbocycles. The number of carbonyl (C=O) groups excluding carboxylic acids is 3. The van der Waals surface area contributed by atoms with Crippen LogP contribution in [0.2, 0.25) is 0 Å². The maximum absolute atomic E-state index is 15.4. The van der Waals surface area contributed by atoms with E-state index in [1.54, 1.807) is 16.7 Å². The van der Waals surface area contributed by atoms with E-state index in [0.717, 1.165) is 22.3 Å². The second-order valence-electron chi connectivity index (χ2n) is 13.4. The van der Waals surface area contributed by atoms with Crippen molar-refractivity contribution in [1.29, 1.82) is 0 Å². The Morgan fingerprint density at radius 1 is 0.761 bits per heavy atom. The number of likely N-dealkylation sites (tertiary alicyclic amines) is 1. The highest BCUT2D eigenvalue weighted by Crippen LogP contribution is 2.56. The molecule has 0 spiro atoms. The molecule has 2 saturated heterocycles. The fourth-order valence-electron chi connectivity index (χ4n) is 6.98. The lowest BCUT2D eigenvalue weighted by molar-refractivity contribution is -0.204. The number of hydrogen-bond donors (Lipinski definition) is 0. The van der Waals surface area contributed by atoms with Crippen molar-refractivity contribution in [2.24, 2.45) is 0 Å². The average molecular weight is 617 g/mol. The van der Waals surface area contributed by atoms with E-state index in [4.69, 9.17) is 9.47 Å². The molecule has 46 heavy (non-hydrogen) atoms. The standard InChI is InChI=1S/C39H40N2O5/c1-37(2,3)46-35(43)38(4,25-28-17-9-5-10-18-28)41-33(31-23-15-8-16-24-31)39(34(41)42,26-29-19-11-6-12-20-29)40-32(27-45-36(40)44)30-21-13-7-14-22-30/h5-24,32-33H,25-27H2,1-4H3/t32-,33-,38-,39+/m1/s1. The van der Waals surface area contributed by atoms with Crippen LogP contribution in [0.25, 0.3) is 0 Å². The van der Waals surface area contributed by atoms with E-state index in [9.17, 15) is 9.59 Å². The molecule has 4 aromatic carbocycles. The highest BCUT2D eigenvalue weighted by Gasteiger charge is 2.72. The monoisotopic (exact) mass is 616 g/mol. The summed E-state index contributed by atoms with van der Waals surface area (Å²) in [6.07, 6.45) is -0.0938. The first-order valence-electron chi connectivity index (χ1n) is 15.8. The first-order chi connectivity index (χ1) is 22.0. The first kappa shape index (κ1) is 31.1.